The van der Waals surface area contributed by atoms with Crippen molar-refractivity contribution in [2.45, 2.75) is 19.4 Å². The predicted octanol–water partition coefficient (Wildman–Crippen LogP) is -0.450. The van der Waals surface area contributed by atoms with E-state index in [0.29, 0.717) is 32.6 Å². The van der Waals surface area contributed by atoms with E-state index in [0.717, 1.165) is 0 Å². The second-order valence-corrected chi connectivity index (χ2v) is 4.50. The Kier molecular flexibility index (Phi) is 4.74. The molecule has 1 rings (SSSR count). The molecule has 1 aliphatic rings. The Bertz CT molecular complexity index is 285. The summed E-state index contributed by atoms with van der Waals surface area (Å²) in [4.78, 5) is 28.6. The molecule has 1 saturated heterocycles. The molecule has 1 aliphatic heterocycles. The van der Waals surface area contributed by atoms with Gasteiger partial charge in [-0.3, -0.25) is 4.79 Å². The highest BCUT2D eigenvalue weighted by Crippen LogP contribution is 2.06. The van der Waals surface area contributed by atoms with Crippen LogP contribution >= 0.6 is 0 Å². The molecule has 1 fully saturated rings. The molecule has 0 unspecified atom stereocenters. The SMILES string of the molecule is CC[C@@H](N)C(=O)N1CCN(C(=O)N(C)C)CC1. The van der Waals surface area contributed by atoms with Crippen LogP contribution in [0.25, 0.3) is 0 Å². The lowest BCUT2D eigenvalue weighted by Gasteiger charge is -2.36. The van der Waals surface area contributed by atoms with Gasteiger partial charge < -0.3 is 20.4 Å². The first-order chi connectivity index (χ1) is 7.97. The van der Waals surface area contributed by atoms with E-state index in [-0.39, 0.29) is 11.9 Å². The zero-order valence-electron chi connectivity index (χ0n) is 10.8. The van der Waals surface area contributed by atoms with Crippen molar-refractivity contribution >= 4 is 11.9 Å². The quantitative estimate of drug-likeness (QED) is 0.713. The van der Waals surface area contributed by atoms with Gasteiger partial charge in [-0.2, -0.15) is 0 Å². The fourth-order valence-corrected chi connectivity index (χ4v) is 1.81. The predicted molar refractivity (Wildman–Crippen MR) is 65.5 cm³/mol. The summed E-state index contributed by atoms with van der Waals surface area (Å²) in [6.45, 7) is 4.21. The summed E-state index contributed by atoms with van der Waals surface area (Å²) in [6.07, 6.45) is 0.648. The maximum atomic E-state index is 11.8. The van der Waals surface area contributed by atoms with Crippen molar-refractivity contribution in [2.24, 2.45) is 5.73 Å². The van der Waals surface area contributed by atoms with Gasteiger partial charge in [0.25, 0.3) is 0 Å². The second-order valence-electron chi connectivity index (χ2n) is 4.50. The molecule has 1 heterocycles. The third kappa shape index (κ3) is 3.33. The minimum Gasteiger partial charge on any atom is -0.338 e. The van der Waals surface area contributed by atoms with Gasteiger partial charge in [0.15, 0.2) is 0 Å². The second kappa shape index (κ2) is 5.86. The summed E-state index contributed by atoms with van der Waals surface area (Å²) < 4.78 is 0. The zero-order valence-corrected chi connectivity index (χ0v) is 10.8. The Hall–Kier alpha value is -1.30. The highest BCUT2D eigenvalue weighted by Gasteiger charge is 2.26. The molecular weight excluding hydrogens is 220 g/mol. The monoisotopic (exact) mass is 242 g/mol. The standard InChI is InChI=1S/C11H22N4O2/c1-4-9(12)10(16)14-5-7-15(8-6-14)11(17)13(2)3/h9H,4-8,12H2,1-3H3/t9-/m1/s1. The summed E-state index contributed by atoms with van der Waals surface area (Å²) >= 11 is 0. The summed E-state index contributed by atoms with van der Waals surface area (Å²) in [5.41, 5.74) is 5.71. The van der Waals surface area contributed by atoms with Gasteiger partial charge in [0.05, 0.1) is 6.04 Å². The van der Waals surface area contributed by atoms with Gasteiger partial charge in [-0.15, -0.1) is 0 Å². The molecule has 0 aliphatic carbocycles. The lowest BCUT2D eigenvalue weighted by Crippen LogP contribution is -2.55. The van der Waals surface area contributed by atoms with Crippen molar-refractivity contribution in [1.82, 2.24) is 14.7 Å². The Morgan fingerprint density at radius 2 is 1.65 bits per heavy atom. The average molecular weight is 242 g/mol. The highest BCUT2D eigenvalue weighted by atomic mass is 16.2. The molecule has 98 valence electrons. The van der Waals surface area contributed by atoms with E-state index in [9.17, 15) is 9.59 Å². The number of hydrogen-bond acceptors (Lipinski definition) is 3. The molecule has 0 bridgehead atoms. The van der Waals surface area contributed by atoms with Crippen molar-refractivity contribution in [2.75, 3.05) is 40.3 Å². The van der Waals surface area contributed by atoms with Crippen LogP contribution in [-0.4, -0.2) is 73.0 Å². The van der Waals surface area contributed by atoms with Crippen molar-refractivity contribution < 1.29 is 9.59 Å². The molecule has 6 heteroatoms. The van der Waals surface area contributed by atoms with Crippen LogP contribution in [-0.2, 0) is 4.79 Å². The summed E-state index contributed by atoms with van der Waals surface area (Å²) in [6, 6.07) is -0.414. The molecule has 2 N–H and O–H groups in total. The first kappa shape index (κ1) is 13.8. The van der Waals surface area contributed by atoms with Crippen LogP contribution in [0.2, 0.25) is 0 Å². The minimum absolute atomic E-state index is 0.00288. The van der Waals surface area contributed by atoms with Crippen LogP contribution in [0.15, 0.2) is 0 Å². The van der Waals surface area contributed by atoms with E-state index in [1.807, 2.05) is 6.92 Å². The number of amides is 3. The van der Waals surface area contributed by atoms with Gasteiger partial charge in [-0.1, -0.05) is 6.92 Å². The Labute approximate surface area is 102 Å². The number of urea groups is 1. The molecule has 17 heavy (non-hydrogen) atoms. The smallest absolute Gasteiger partial charge is 0.319 e. The largest absolute Gasteiger partial charge is 0.338 e. The maximum absolute atomic E-state index is 11.8. The van der Waals surface area contributed by atoms with E-state index in [1.54, 1.807) is 28.8 Å². The van der Waals surface area contributed by atoms with Gasteiger partial charge >= 0.3 is 6.03 Å². The lowest BCUT2D eigenvalue weighted by molar-refractivity contribution is -0.134. The zero-order chi connectivity index (χ0) is 13.0. The topological polar surface area (TPSA) is 69.9 Å². The van der Waals surface area contributed by atoms with Gasteiger partial charge in [-0.25, -0.2) is 4.79 Å². The first-order valence-electron chi connectivity index (χ1n) is 5.98. The van der Waals surface area contributed by atoms with Crippen LogP contribution in [0.4, 0.5) is 4.79 Å². The average Bonchev–Trinajstić information content (AvgIpc) is 2.36. The van der Waals surface area contributed by atoms with E-state index >= 15 is 0 Å². The van der Waals surface area contributed by atoms with Crippen LogP contribution in [0.1, 0.15) is 13.3 Å². The van der Waals surface area contributed by atoms with Gasteiger partial charge in [0.2, 0.25) is 5.91 Å². The van der Waals surface area contributed by atoms with E-state index in [4.69, 9.17) is 5.73 Å². The first-order valence-corrected chi connectivity index (χ1v) is 5.98. The van der Waals surface area contributed by atoms with Crippen molar-refractivity contribution in [3.8, 4) is 0 Å². The summed E-state index contributed by atoms with van der Waals surface area (Å²) in [5, 5.41) is 0. The maximum Gasteiger partial charge on any atom is 0.319 e. The fraction of sp³-hybridized carbons (Fsp3) is 0.818. The Morgan fingerprint density at radius 1 is 1.18 bits per heavy atom. The third-order valence-corrected chi connectivity index (χ3v) is 3.00. The molecule has 6 nitrogen and oxygen atoms in total. The number of carbonyl (C=O) groups is 2. The number of rotatable bonds is 2. The van der Waals surface area contributed by atoms with Gasteiger partial charge in [0, 0.05) is 40.3 Å². The van der Waals surface area contributed by atoms with Crippen molar-refractivity contribution in [3.05, 3.63) is 0 Å². The molecular formula is C11H22N4O2. The van der Waals surface area contributed by atoms with E-state index < -0.39 is 6.04 Å². The number of carbonyl (C=O) groups excluding carboxylic acids is 2. The van der Waals surface area contributed by atoms with Crippen molar-refractivity contribution in [3.63, 3.8) is 0 Å². The Morgan fingerprint density at radius 3 is 2.06 bits per heavy atom. The lowest BCUT2D eigenvalue weighted by atomic mass is 10.2. The van der Waals surface area contributed by atoms with Crippen LogP contribution in [0, 0.1) is 0 Å². The molecule has 0 saturated carbocycles. The summed E-state index contributed by atoms with van der Waals surface area (Å²) in [7, 11) is 3.46. The minimum atomic E-state index is -0.411. The van der Waals surface area contributed by atoms with E-state index in [2.05, 4.69) is 0 Å². The summed E-state index contributed by atoms with van der Waals surface area (Å²) in [5.74, 6) is -0.00977. The number of hydrogen-bond donors (Lipinski definition) is 1. The molecule has 0 radical (unpaired) electrons. The molecule has 0 spiro atoms. The highest BCUT2D eigenvalue weighted by molar-refractivity contribution is 5.82. The molecule has 0 aromatic rings. The van der Waals surface area contributed by atoms with Crippen LogP contribution in [0.3, 0.4) is 0 Å². The third-order valence-electron chi connectivity index (χ3n) is 3.00. The van der Waals surface area contributed by atoms with Gasteiger partial charge in [-0.05, 0) is 6.42 Å². The normalized spacial score (nSPS) is 17.9. The molecule has 0 aromatic heterocycles. The fourth-order valence-electron chi connectivity index (χ4n) is 1.81. The molecule has 0 aromatic carbocycles. The Balaban J connectivity index is 2.46. The van der Waals surface area contributed by atoms with Crippen molar-refractivity contribution in [1.29, 1.82) is 0 Å². The number of nitrogens with zero attached hydrogens (tertiary/aromatic N) is 3. The van der Waals surface area contributed by atoms with Crippen LogP contribution < -0.4 is 5.73 Å². The van der Waals surface area contributed by atoms with Crippen LogP contribution in [0.5, 0.6) is 0 Å². The number of nitrogens with two attached hydrogens (primary N) is 1. The molecule has 3 amide bonds. The van der Waals surface area contributed by atoms with E-state index in [1.165, 1.54) is 0 Å². The molecule has 1 atom stereocenters. The van der Waals surface area contributed by atoms with Gasteiger partial charge in [0.1, 0.15) is 0 Å². The number of piperazine rings is 1.